The molecule has 1 aliphatic heterocycles. The fourth-order valence-electron chi connectivity index (χ4n) is 1.76. The van der Waals surface area contributed by atoms with Crippen LogP contribution in [0.5, 0.6) is 0 Å². The van der Waals surface area contributed by atoms with Gasteiger partial charge in [0.1, 0.15) is 15.9 Å². The van der Waals surface area contributed by atoms with Crippen molar-refractivity contribution < 1.29 is 0 Å². The van der Waals surface area contributed by atoms with E-state index in [1.807, 2.05) is 18.2 Å². The Kier molecular flexibility index (Phi) is 3.49. The monoisotopic (exact) mass is 289 g/mol. The van der Waals surface area contributed by atoms with Gasteiger partial charge in [-0.1, -0.05) is 17.7 Å². The van der Waals surface area contributed by atoms with Crippen LogP contribution in [0, 0.1) is 0 Å². The van der Waals surface area contributed by atoms with Crippen LogP contribution in [0.15, 0.2) is 22.8 Å². The van der Waals surface area contributed by atoms with Crippen molar-refractivity contribution in [3.05, 3.63) is 22.8 Å². The SMILES string of the molecule is NC1CCN(c2cccc(Br)n2)C(Cl)C1. The van der Waals surface area contributed by atoms with Crippen molar-refractivity contribution in [3.8, 4) is 0 Å². The maximum atomic E-state index is 6.26. The van der Waals surface area contributed by atoms with E-state index in [-0.39, 0.29) is 11.5 Å². The highest BCUT2D eigenvalue weighted by Crippen LogP contribution is 2.25. The van der Waals surface area contributed by atoms with E-state index in [9.17, 15) is 0 Å². The molecule has 82 valence electrons. The molecule has 0 aliphatic carbocycles. The van der Waals surface area contributed by atoms with Crippen LogP contribution in [0.3, 0.4) is 0 Å². The molecular weight excluding hydrogens is 277 g/mol. The van der Waals surface area contributed by atoms with Gasteiger partial charge in [0.25, 0.3) is 0 Å². The lowest BCUT2D eigenvalue weighted by molar-refractivity contribution is 0.473. The summed E-state index contributed by atoms with van der Waals surface area (Å²) in [6.45, 7) is 0.874. The van der Waals surface area contributed by atoms with E-state index in [0.717, 1.165) is 29.8 Å². The van der Waals surface area contributed by atoms with E-state index in [1.54, 1.807) is 0 Å². The number of hydrogen-bond donors (Lipinski definition) is 1. The average Bonchev–Trinajstić information content (AvgIpc) is 2.17. The van der Waals surface area contributed by atoms with Crippen LogP contribution in [-0.4, -0.2) is 23.1 Å². The van der Waals surface area contributed by atoms with E-state index < -0.39 is 0 Å². The fraction of sp³-hybridized carbons (Fsp3) is 0.500. The summed E-state index contributed by atoms with van der Waals surface area (Å²) in [5.41, 5.74) is 5.81. The van der Waals surface area contributed by atoms with Gasteiger partial charge in [0, 0.05) is 12.6 Å². The van der Waals surface area contributed by atoms with Crippen molar-refractivity contribution in [1.29, 1.82) is 0 Å². The molecule has 0 amide bonds. The van der Waals surface area contributed by atoms with Gasteiger partial charge in [0.05, 0.1) is 0 Å². The van der Waals surface area contributed by atoms with Gasteiger partial charge in [-0.25, -0.2) is 4.98 Å². The summed E-state index contributed by atoms with van der Waals surface area (Å²) in [4.78, 5) is 6.48. The van der Waals surface area contributed by atoms with Crippen LogP contribution in [0.4, 0.5) is 5.82 Å². The normalized spacial score (nSPS) is 26.7. The van der Waals surface area contributed by atoms with E-state index >= 15 is 0 Å². The molecule has 1 aromatic rings. The molecule has 0 aromatic carbocycles. The molecule has 3 nitrogen and oxygen atoms in total. The number of aromatic nitrogens is 1. The number of nitrogens with two attached hydrogens (primary N) is 1. The van der Waals surface area contributed by atoms with Gasteiger partial charge in [-0.15, -0.1) is 0 Å². The smallest absolute Gasteiger partial charge is 0.131 e. The summed E-state index contributed by atoms with van der Waals surface area (Å²) in [6.07, 6.45) is 1.78. The number of pyridine rings is 1. The van der Waals surface area contributed by atoms with Crippen molar-refractivity contribution >= 4 is 33.3 Å². The lowest BCUT2D eigenvalue weighted by Gasteiger charge is -2.35. The van der Waals surface area contributed by atoms with Crippen LogP contribution < -0.4 is 10.6 Å². The van der Waals surface area contributed by atoms with Crippen molar-refractivity contribution in [3.63, 3.8) is 0 Å². The number of rotatable bonds is 1. The molecule has 1 aromatic heterocycles. The van der Waals surface area contributed by atoms with Crippen LogP contribution in [0.1, 0.15) is 12.8 Å². The summed E-state index contributed by atoms with van der Waals surface area (Å²) < 4.78 is 0.832. The highest BCUT2D eigenvalue weighted by molar-refractivity contribution is 9.10. The summed E-state index contributed by atoms with van der Waals surface area (Å²) in [5.74, 6) is 0.913. The lowest BCUT2D eigenvalue weighted by Crippen LogP contribution is -2.44. The highest BCUT2D eigenvalue weighted by Gasteiger charge is 2.25. The highest BCUT2D eigenvalue weighted by atomic mass is 79.9. The van der Waals surface area contributed by atoms with Crippen molar-refractivity contribution in [2.75, 3.05) is 11.4 Å². The quantitative estimate of drug-likeness (QED) is 0.490. The van der Waals surface area contributed by atoms with Gasteiger partial charge >= 0.3 is 0 Å². The molecule has 15 heavy (non-hydrogen) atoms. The third kappa shape index (κ3) is 2.62. The molecule has 0 bridgehead atoms. The predicted molar refractivity (Wildman–Crippen MR) is 66.1 cm³/mol. The predicted octanol–water partition coefficient (Wildman–Crippen LogP) is 2.34. The second kappa shape index (κ2) is 4.68. The summed E-state index contributed by atoms with van der Waals surface area (Å²) in [6, 6.07) is 6.06. The molecular formula is C10H13BrClN3. The number of anilines is 1. The number of halogens is 2. The minimum absolute atomic E-state index is 0.0458. The Bertz CT molecular complexity index is 347. The Balaban J connectivity index is 2.17. The molecule has 2 unspecified atom stereocenters. The van der Waals surface area contributed by atoms with Crippen LogP contribution >= 0.6 is 27.5 Å². The molecule has 2 rings (SSSR count). The third-order valence-electron chi connectivity index (χ3n) is 2.57. The van der Waals surface area contributed by atoms with E-state index in [4.69, 9.17) is 17.3 Å². The standard InChI is InChI=1S/C10H13BrClN3/c11-8-2-1-3-10(14-8)15-5-4-7(13)6-9(15)12/h1-3,7,9H,4-6,13H2. The second-order valence-corrected chi connectivity index (χ2v) is 5.05. The summed E-state index contributed by atoms with van der Waals surface area (Å²) in [5, 5.41) is 0. The zero-order chi connectivity index (χ0) is 10.8. The minimum Gasteiger partial charge on any atom is -0.340 e. The first-order valence-corrected chi connectivity index (χ1v) is 6.18. The molecule has 0 saturated carbocycles. The number of piperidine rings is 1. The van der Waals surface area contributed by atoms with Gasteiger partial charge in [-0.2, -0.15) is 0 Å². The zero-order valence-electron chi connectivity index (χ0n) is 8.24. The van der Waals surface area contributed by atoms with Gasteiger partial charge in [0.15, 0.2) is 0 Å². The Morgan fingerprint density at radius 2 is 2.33 bits per heavy atom. The van der Waals surface area contributed by atoms with Gasteiger partial charge in [-0.3, -0.25) is 0 Å². The first kappa shape index (κ1) is 11.2. The molecule has 2 atom stereocenters. The maximum Gasteiger partial charge on any atom is 0.131 e. The van der Waals surface area contributed by atoms with E-state index in [2.05, 4.69) is 25.8 Å². The molecule has 1 aliphatic rings. The first-order valence-electron chi connectivity index (χ1n) is 4.95. The van der Waals surface area contributed by atoms with E-state index in [1.165, 1.54) is 0 Å². The van der Waals surface area contributed by atoms with Crippen molar-refractivity contribution in [2.45, 2.75) is 24.4 Å². The number of hydrogen-bond acceptors (Lipinski definition) is 3. The topological polar surface area (TPSA) is 42.1 Å². The number of alkyl halides is 1. The Hall–Kier alpha value is -0.320. The van der Waals surface area contributed by atoms with Crippen molar-refractivity contribution in [2.24, 2.45) is 5.73 Å². The number of nitrogens with zero attached hydrogens (tertiary/aromatic N) is 2. The van der Waals surface area contributed by atoms with Gasteiger partial charge in [0.2, 0.25) is 0 Å². The Labute approximate surface area is 103 Å². The average molecular weight is 291 g/mol. The Morgan fingerprint density at radius 3 is 3.00 bits per heavy atom. The summed E-state index contributed by atoms with van der Waals surface area (Å²) in [7, 11) is 0. The third-order valence-corrected chi connectivity index (χ3v) is 3.43. The molecule has 1 saturated heterocycles. The molecule has 2 heterocycles. The second-order valence-electron chi connectivity index (χ2n) is 3.73. The molecule has 5 heteroatoms. The largest absolute Gasteiger partial charge is 0.340 e. The van der Waals surface area contributed by atoms with Gasteiger partial charge < -0.3 is 10.6 Å². The van der Waals surface area contributed by atoms with Gasteiger partial charge in [-0.05, 0) is 40.9 Å². The van der Waals surface area contributed by atoms with Crippen molar-refractivity contribution in [1.82, 2.24) is 4.98 Å². The molecule has 2 N–H and O–H groups in total. The molecule has 0 spiro atoms. The van der Waals surface area contributed by atoms with Crippen LogP contribution in [0.2, 0.25) is 0 Å². The van der Waals surface area contributed by atoms with Crippen LogP contribution in [-0.2, 0) is 0 Å². The minimum atomic E-state index is -0.0458. The lowest BCUT2D eigenvalue weighted by atomic mass is 10.1. The van der Waals surface area contributed by atoms with E-state index in [0.29, 0.717) is 0 Å². The molecule has 0 radical (unpaired) electrons. The Morgan fingerprint density at radius 1 is 1.53 bits per heavy atom. The molecule has 1 fully saturated rings. The zero-order valence-corrected chi connectivity index (χ0v) is 10.6. The first-order chi connectivity index (χ1) is 7.16. The maximum absolute atomic E-state index is 6.26. The summed E-state index contributed by atoms with van der Waals surface area (Å²) >= 11 is 9.61. The van der Waals surface area contributed by atoms with Crippen LogP contribution in [0.25, 0.3) is 0 Å². The fourth-order valence-corrected chi connectivity index (χ4v) is 2.52.